The number of hydrogen-bond donors (Lipinski definition) is 1. The van der Waals surface area contributed by atoms with Gasteiger partial charge in [-0.15, -0.1) is 0 Å². The van der Waals surface area contributed by atoms with Crippen LogP contribution in [0.3, 0.4) is 0 Å². The fourth-order valence-corrected chi connectivity index (χ4v) is 2.90. The van der Waals surface area contributed by atoms with Crippen molar-refractivity contribution in [3.63, 3.8) is 0 Å². The Bertz CT molecular complexity index is 444. The van der Waals surface area contributed by atoms with Crippen molar-refractivity contribution in [3.05, 3.63) is 28.2 Å². The van der Waals surface area contributed by atoms with Crippen LogP contribution < -0.4 is 10.2 Å². The molecule has 1 aromatic carbocycles. The van der Waals surface area contributed by atoms with E-state index in [-0.39, 0.29) is 0 Å². The standard InChI is InChI=1S/C17H28BrN3/c1-4-9-21(11-10-20(2)3)17-8-5-15(18)12-14(17)13-19-16-6-7-16/h5,8,12,16,19H,4,6-7,9-11,13H2,1-3H3. The van der Waals surface area contributed by atoms with Gasteiger partial charge in [0.1, 0.15) is 0 Å². The van der Waals surface area contributed by atoms with E-state index in [1.54, 1.807) is 0 Å². The van der Waals surface area contributed by atoms with Gasteiger partial charge in [-0.2, -0.15) is 0 Å². The molecule has 0 radical (unpaired) electrons. The second kappa shape index (κ2) is 8.16. The third-order valence-corrected chi connectivity index (χ3v) is 4.34. The largest absolute Gasteiger partial charge is 0.370 e. The van der Waals surface area contributed by atoms with Gasteiger partial charge in [0.15, 0.2) is 0 Å². The van der Waals surface area contributed by atoms with Crippen LogP contribution in [0.1, 0.15) is 31.7 Å². The molecule has 3 nitrogen and oxygen atoms in total. The fourth-order valence-electron chi connectivity index (χ4n) is 2.49. The molecule has 1 saturated carbocycles. The quantitative estimate of drug-likeness (QED) is 0.733. The van der Waals surface area contributed by atoms with Gasteiger partial charge in [0.05, 0.1) is 0 Å². The van der Waals surface area contributed by atoms with Crippen LogP contribution >= 0.6 is 15.9 Å². The smallest absolute Gasteiger partial charge is 0.0413 e. The maximum atomic E-state index is 3.64. The van der Waals surface area contributed by atoms with Crippen molar-refractivity contribution < 1.29 is 0 Å². The van der Waals surface area contributed by atoms with E-state index in [0.29, 0.717) is 0 Å². The van der Waals surface area contributed by atoms with Gasteiger partial charge in [-0.3, -0.25) is 0 Å². The van der Waals surface area contributed by atoms with Crippen LogP contribution in [0, 0.1) is 0 Å². The molecule has 118 valence electrons. The molecule has 1 fully saturated rings. The first-order valence-corrected chi connectivity index (χ1v) is 8.81. The lowest BCUT2D eigenvalue weighted by molar-refractivity contribution is 0.412. The maximum Gasteiger partial charge on any atom is 0.0413 e. The number of hydrogen-bond acceptors (Lipinski definition) is 3. The van der Waals surface area contributed by atoms with E-state index < -0.39 is 0 Å². The lowest BCUT2D eigenvalue weighted by Crippen LogP contribution is -2.33. The molecule has 0 aromatic heterocycles. The van der Waals surface area contributed by atoms with Gasteiger partial charge in [-0.05, 0) is 57.1 Å². The van der Waals surface area contributed by atoms with E-state index in [4.69, 9.17) is 0 Å². The van der Waals surface area contributed by atoms with E-state index >= 15 is 0 Å². The third-order valence-electron chi connectivity index (χ3n) is 3.85. The van der Waals surface area contributed by atoms with Crippen molar-refractivity contribution >= 4 is 21.6 Å². The Kier molecular flexibility index (Phi) is 6.52. The highest BCUT2D eigenvalue weighted by atomic mass is 79.9. The molecule has 1 aliphatic carbocycles. The second-order valence-corrected chi connectivity index (χ2v) is 7.13. The van der Waals surface area contributed by atoms with Crippen LogP contribution in [-0.4, -0.2) is 44.7 Å². The van der Waals surface area contributed by atoms with Crippen molar-refractivity contribution in [3.8, 4) is 0 Å². The predicted molar refractivity (Wildman–Crippen MR) is 95.1 cm³/mol. The summed E-state index contributed by atoms with van der Waals surface area (Å²) >= 11 is 3.61. The summed E-state index contributed by atoms with van der Waals surface area (Å²) in [4.78, 5) is 4.78. The van der Waals surface area contributed by atoms with E-state index in [1.807, 2.05) is 0 Å². The molecular weight excluding hydrogens is 326 g/mol. The molecule has 0 unspecified atom stereocenters. The first kappa shape index (κ1) is 16.8. The number of anilines is 1. The van der Waals surface area contributed by atoms with Gasteiger partial charge in [0.25, 0.3) is 0 Å². The zero-order valence-corrected chi connectivity index (χ0v) is 15.1. The van der Waals surface area contributed by atoms with Crippen molar-refractivity contribution in [1.29, 1.82) is 0 Å². The number of halogens is 1. The Morgan fingerprint density at radius 1 is 1.19 bits per heavy atom. The average Bonchev–Trinajstić information content (AvgIpc) is 3.25. The summed E-state index contributed by atoms with van der Waals surface area (Å²) < 4.78 is 1.17. The van der Waals surface area contributed by atoms with Gasteiger partial charge >= 0.3 is 0 Å². The van der Waals surface area contributed by atoms with E-state index in [1.165, 1.54) is 35.0 Å². The number of rotatable bonds is 9. The minimum Gasteiger partial charge on any atom is -0.370 e. The Hall–Kier alpha value is -0.580. The summed E-state index contributed by atoms with van der Waals surface area (Å²) in [5, 5.41) is 3.64. The Morgan fingerprint density at radius 2 is 1.95 bits per heavy atom. The van der Waals surface area contributed by atoms with E-state index in [2.05, 4.69) is 70.3 Å². The molecule has 0 heterocycles. The summed E-state index contributed by atoms with van der Waals surface area (Å²) in [6.07, 6.45) is 3.85. The van der Waals surface area contributed by atoms with Crippen LogP contribution in [0.5, 0.6) is 0 Å². The average molecular weight is 354 g/mol. The molecule has 1 aliphatic rings. The first-order chi connectivity index (χ1) is 10.1. The summed E-state index contributed by atoms with van der Waals surface area (Å²) in [7, 11) is 4.28. The SMILES string of the molecule is CCCN(CCN(C)C)c1ccc(Br)cc1CNC1CC1. The van der Waals surface area contributed by atoms with E-state index in [0.717, 1.165) is 32.2 Å². The summed E-state index contributed by atoms with van der Waals surface area (Å²) in [6.45, 7) is 6.52. The van der Waals surface area contributed by atoms with Gasteiger partial charge in [-0.1, -0.05) is 22.9 Å². The van der Waals surface area contributed by atoms with Crippen LogP contribution in [0.2, 0.25) is 0 Å². The highest BCUT2D eigenvalue weighted by molar-refractivity contribution is 9.10. The molecular formula is C17H28BrN3. The molecule has 0 bridgehead atoms. The number of nitrogens with one attached hydrogen (secondary N) is 1. The molecule has 0 saturated heterocycles. The molecule has 0 amide bonds. The molecule has 1 N–H and O–H groups in total. The topological polar surface area (TPSA) is 18.5 Å². The maximum absolute atomic E-state index is 3.64. The second-order valence-electron chi connectivity index (χ2n) is 6.22. The Labute approximate surface area is 137 Å². The van der Waals surface area contributed by atoms with E-state index in [9.17, 15) is 0 Å². The van der Waals surface area contributed by atoms with Gasteiger partial charge in [0.2, 0.25) is 0 Å². The highest BCUT2D eigenvalue weighted by Crippen LogP contribution is 2.27. The number of benzene rings is 1. The fraction of sp³-hybridized carbons (Fsp3) is 0.647. The van der Waals surface area contributed by atoms with Crippen molar-refractivity contribution in [2.75, 3.05) is 38.6 Å². The molecule has 0 aliphatic heterocycles. The van der Waals surface area contributed by atoms with Crippen LogP contribution in [0.25, 0.3) is 0 Å². The monoisotopic (exact) mass is 353 g/mol. The molecule has 0 spiro atoms. The number of nitrogens with zero attached hydrogens (tertiary/aromatic N) is 2. The minimum atomic E-state index is 0.748. The number of likely N-dealkylation sites (N-methyl/N-ethyl adjacent to an activating group) is 1. The third kappa shape index (κ3) is 5.61. The molecule has 2 rings (SSSR count). The normalized spacial score (nSPS) is 14.7. The zero-order valence-electron chi connectivity index (χ0n) is 13.5. The van der Waals surface area contributed by atoms with Gasteiger partial charge in [0, 0.05) is 42.4 Å². The van der Waals surface area contributed by atoms with Crippen molar-refractivity contribution in [2.45, 2.75) is 38.8 Å². The minimum absolute atomic E-state index is 0.748. The Balaban J connectivity index is 2.11. The Morgan fingerprint density at radius 3 is 2.57 bits per heavy atom. The van der Waals surface area contributed by atoms with Gasteiger partial charge < -0.3 is 15.1 Å². The molecule has 1 aromatic rings. The molecule has 4 heteroatoms. The lowest BCUT2D eigenvalue weighted by atomic mass is 10.1. The molecule has 21 heavy (non-hydrogen) atoms. The van der Waals surface area contributed by atoms with Crippen molar-refractivity contribution in [2.24, 2.45) is 0 Å². The van der Waals surface area contributed by atoms with Crippen LogP contribution in [0.15, 0.2) is 22.7 Å². The van der Waals surface area contributed by atoms with Crippen LogP contribution in [0.4, 0.5) is 5.69 Å². The predicted octanol–water partition coefficient (Wildman–Crippen LogP) is 3.48. The molecule has 0 atom stereocenters. The zero-order chi connectivity index (χ0) is 15.2. The summed E-state index contributed by atoms with van der Waals surface area (Å²) in [5.41, 5.74) is 2.79. The van der Waals surface area contributed by atoms with Crippen molar-refractivity contribution in [1.82, 2.24) is 10.2 Å². The highest BCUT2D eigenvalue weighted by Gasteiger charge is 2.21. The first-order valence-electron chi connectivity index (χ1n) is 8.01. The van der Waals surface area contributed by atoms with Crippen LogP contribution in [-0.2, 0) is 6.54 Å². The summed E-state index contributed by atoms with van der Waals surface area (Å²) in [6, 6.07) is 7.44. The summed E-state index contributed by atoms with van der Waals surface area (Å²) in [5.74, 6) is 0. The van der Waals surface area contributed by atoms with Gasteiger partial charge in [-0.25, -0.2) is 0 Å². The lowest BCUT2D eigenvalue weighted by Gasteiger charge is -2.28.